The summed E-state index contributed by atoms with van der Waals surface area (Å²) in [6.45, 7) is 2.70. The van der Waals surface area contributed by atoms with E-state index in [0.29, 0.717) is 11.1 Å². The van der Waals surface area contributed by atoms with E-state index in [1.165, 1.54) is 24.1 Å². The number of aliphatic hydroxyl groups is 2. The van der Waals surface area contributed by atoms with Gasteiger partial charge in [0.2, 0.25) is 5.96 Å². The van der Waals surface area contributed by atoms with Crippen molar-refractivity contribution >= 4 is 35.4 Å². The van der Waals surface area contributed by atoms with Gasteiger partial charge < -0.3 is 35.7 Å². The number of halogens is 2. The van der Waals surface area contributed by atoms with Crippen LogP contribution in [0.25, 0.3) is 5.76 Å². The fraction of sp³-hybridized carbons (Fsp3) is 0.292. The van der Waals surface area contributed by atoms with Crippen LogP contribution in [-0.4, -0.2) is 65.6 Å². The quantitative estimate of drug-likeness (QED) is 0.127. The molecule has 2 rings (SSSR count). The number of ether oxygens (including phenoxy) is 1. The number of benzene rings is 2. The summed E-state index contributed by atoms with van der Waals surface area (Å²) in [5, 5.41) is 27.2. The summed E-state index contributed by atoms with van der Waals surface area (Å²) in [4.78, 5) is 31.0. The topological polar surface area (TPSA) is 159 Å². The fourth-order valence-electron chi connectivity index (χ4n) is 2.99. The summed E-state index contributed by atoms with van der Waals surface area (Å²) in [5.74, 6) is -0.834. The van der Waals surface area contributed by atoms with Crippen molar-refractivity contribution in [2.24, 2.45) is 10.9 Å². The average molecular weight is 538 g/mol. The predicted molar refractivity (Wildman–Crippen MR) is 136 cm³/mol. The van der Waals surface area contributed by atoms with E-state index in [0.717, 1.165) is 0 Å². The van der Waals surface area contributed by atoms with Crippen LogP contribution < -0.4 is 16.4 Å². The van der Waals surface area contributed by atoms with Gasteiger partial charge in [0.25, 0.3) is 0 Å². The maximum atomic E-state index is 13.6. The van der Waals surface area contributed by atoms with Crippen LogP contribution in [0.3, 0.4) is 0 Å². The molecule has 0 saturated heterocycles. The number of likely N-dealkylation sites (N-methyl/N-ethyl adjacent to an activating group) is 1. The molecule has 2 aromatic carbocycles. The largest absolute Gasteiger partial charge is 0.447 e. The van der Waals surface area contributed by atoms with Gasteiger partial charge in [-0.1, -0.05) is 60.6 Å². The summed E-state index contributed by atoms with van der Waals surface area (Å²) in [5.41, 5.74) is 6.64. The molecule has 37 heavy (non-hydrogen) atoms. The number of nitrogens with zero attached hydrogens (tertiary/aromatic N) is 2. The number of alkyl carbamates (subject to hydrolysis) is 1. The molecule has 0 heterocycles. The van der Waals surface area contributed by atoms with Gasteiger partial charge in [-0.3, -0.25) is 5.32 Å². The first-order chi connectivity index (χ1) is 17.6. The molecule has 0 radical (unpaired) electrons. The third kappa shape index (κ3) is 9.60. The highest BCUT2D eigenvalue weighted by molar-refractivity contribution is 6.31. The minimum atomic E-state index is -1.19. The molecule has 0 aromatic heterocycles. The molecule has 0 bridgehead atoms. The molecule has 0 aliphatic carbocycles. The first-order valence-corrected chi connectivity index (χ1v) is 11.4. The molecule has 3 amide bonds. The molecule has 11 nitrogen and oxygen atoms in total. The van der Waals surface area contributed by atoms with Crippen LogP contribution in [-0.2, 0) is 16.1 Å². The maximum Gasteiger partial charge on any atom is 0.414 e. The molecule has 0 saturated carbocycles. The van der Waals surface area contributed by atoms with Crippen LogP contribution in [0.15, 0.2) is 60.3 Å². The van der Waals surface area contributed by atoms with Crippen molar-refractivity contribution in [1.29, 1.82) is 0 Å². The monoisotopic (exact) mass is 537 g/mol. The highest BCUT2D eigenvalue weighted by Crippen LogP contribution is 2.19. The smallest absolute Gasteiger partial charge is 0.414 e. The van der Waals surface area contributed by atoms with E-state index in [4.69, 9.17) is 26.9 Å². The van der Waals surface area contributed by atoms with Crippen LogP contribution in [0, 0.1) is 5.82 Å². The Hall–Kier alpha value is -3.87. The van der Waals surface area contributed by atoms with Crippen LogP contribution in [0.2, 0.25) is 5.02 Å². The number of carbonyl (C=O) groups excluding carboxylic acids is 2. The Labute approximate surface area is 218 Å². The van der Waals surface area contributed by atoms with Crippen LogP contribution in [0.5, 0.6) is 0 Å². The van der Waals surface area contributed by atoms with E-state index in [2.05, 4.69) is 22.4 Å². The van der Waals surface area contributed by atoms with E-state index in [1.54, 1.807) is 30.3 Å². The first kappa shape index (κ1) is 29.4. The highest BCUT2D eigenvalue weighted by Gasteiger charge is 2.25. The summed E-state index contributed by atoms with van der Waals surface area (Å²) in [7, 11) is 1.40. The van der Waals surface area contributed by atoms with Crippen LogP contribution >= 0.6 is 11.6 Å². The van der Waals surface area contributed by atoms with Gasteiger partial charge in [0.15, 0.2) is 5.76 Å². The Bertz CT molecular complexity index is 1100. The van der Waals surface area contributed by atoms with E-state index in [1.807, 2.05) is 6.07 Å². The Kier molecular flexibility index (Phi) is 11.6. The molecule has 13 heteroatoms. The van der Waals surface area contributed by atoms with Crippen LogP contribution in [0.4, 0.5) is 14.0 Å². The Balaban J connectivity index is 1.91. The molecule has 0 aliphatic heterocycles. The summed E-state index contributed by atoms with van der Waals surface area (Å²) in [6, 6.07) is 11.6. The van der Waals surface area contributed by atoms with Crippen molar-refractivity contribution < 1.29 is 33.8 Å². The predicted octanol–water partition coefficient (Wildman–Crippen LogP) is 2.38. The molecule has 0 fully saturated rings. The number of nitrogens with one attached hydrogen (secondary N) is 2. The summed E-state index contributed by atoms with van der Waals surface area (Å²) in [6.07, 6.45) is -2.30. The molecule has 2 aromatic rings. The third-order valence-electron chi connectivity index (χ3n) is 5.07. The SMILES string of the molecule is C=C(O/N=C(\N)NC(=O)OC[C@H](C[C@@H](O)CO)N(C)C(=O)NCc1cccc(F)c1Cl)c1ccccc1. The van der Waals surface area contributed by atoms with E-state index in [-0.39, 0.29) is 30.4 Å². The molecule has 6 N–H and O–H groups in total. The zero-order chi connectivity index (χ0) is 27.4. The zero-order valence-electron chi connectivity index (χ0n) is 20.1. The normalized spacial score (nSPS) is 12.7. The van der Waals surface area contributed by atoms with Gasteiger partial charge in [-0.2, -0.15) is 0 Å². The van der Waals surface area contributed by atoms with Gasteiger partial charge in [0.1, 0.15) is 12.4 Å². The molecule has 0 aliphatic rings. The first-order valence-electron chi connectivity index (χ1n) is 11.0. The second-order valence-corrected chi connectivity index (χ2v) is 8.17. The number of guanidine groups is 1. The second-order valence-electron chi connectivity index (χ2n) is 7.79. The van der Waals surface area contributed by atoms with Gasteiger partial charge in [-0.15, -0.1) is 0 Å². The van der Waals surface area contributed by atoms with Crippen molar-refractivity contribution in [3.8, 4) is 0 Å². The number of aliphatic hydroxyl groups excluding tert-OH is 2. The number of hydrogen-bond donors (Lipinski definition) is 5. The maximum absolute atomic E-state index is 13.6. The molecular weight excluding hydrogens is 509 g/mol. The summed E-state index contributed by atoms with van der Waals surface area (Å²) < 4.78 is 18.7. The van der Waals surface area contributed by atoms with E-state index in [9.17, 15) is 24.2 Å². The number of urea groups is 1. The molecule has 200 valence electrons. The Morgan fingerprint density at radius 3 is 2.62 bits per heavy atom. The van der Waals surface area contributed by atoms with Crippen molar-refractivity contribution in [1.82, 2.24) is 15.5 Å². The van der Waals surface area contributed by atoms with Crippen molar-refractivity contribution in [2.75, 3.05) is 20.3 Å². The Morgan fingerprint density at radius 2 is 1.95 bits per heavy atom. The van der Waals surface area contributed by atoms with Gasteiger partial charge in [-0.25, -0.2) is 14.0 Å². The van der Waals surface area contributed by atoms with Gasteiger partial charge in [-0.05, 0) is 23.2 Å². The highest BCUT2D eigenvalue weighted by atomic mass is 35.5. The fourth-order valence-corrected chi connectivity index (χ4v) is 3.18. The number of carbonyl (C=O) groups is 2. The summed E-state index contributed by atoms with van der Waals surface area (Å²) >= 11 is 5.90. The number of nitrogens with two attached hydrogens (primary N) is 1. The lowest BCUT2D eigenvalue weighted by Gasteiger charge is -2.29. The zero-order valence-corrected chi connectivity index (χ0v) is 20.8. The van der Waals surface area contributed by atoms with Crippen LogP contribution in [0.1, 0.15) is 17.5 Å². The van der Waals surface area contributed by atoms with Crippen molar-refractivity contribution in [3.63, 3.8) is 0 Å². The lowest BCUT2D eigenvalue weighted by molar-refractivity contribution is 0.0466. The van der Waals surface area contributed by atoms with Gasteiger partial charge in [0.05, 0.1) is 23.8 Å². The number of amides is 3. The average Bonchev–Trinajstić information content (AvgIpc) is 2.90. The minimum Gasteiger partial charge on any atom is -0.447 e. The molecule has 2 atom stereocenters. The van der Waals surface area contributed by atoms with Gasteiger partial charge in [0, 0.05) is 19.2 Å². The minimum absolute atomic E-state index is 0.0718. The molecule has 0 spiro atoms. The third-order valence-corrected chi connectivity index (χ3v) is 5.49. The lowest BCUT2D eigenvalue weighted by atomic mass is 10.1. The Morgan fingerprint density at radius 1 is 1.24 bits per heavy atom. The lowest BCUT2D eigenvalue weighted by Crippen LogP contribution is -2.48. The van der Waals surface area contributed by atoms with Crippen molar-refractivity contribution in [3.05, 3.63) is 77.1 Å². The second kappa shape index (κ2) is 14.6. The number of oxime groups is 1. The van der Waals surface area contributed by atoms with E-state index >= 15 is 0 Å². The molecular formula is C24H29ClFN5O6. The van der Waals surface area contributed by atoms with E-state index < -0.39 is 42.7 Å². The van der Waals surface area contributed by atoms with Crippen molar-refractivity contribution in [2.45, 2.75) is 25.1 Å². The number of rotatable bonds is 11. The number of hydrogen-bond acceptors (Lipinski definition) is 7. The standard InChI is InChI=1S/C24H29ClFN5O6/c1-15(16-7-4-3-5-8-16)37-30-22(27)29-24(35)36-14-18(11-19(33)13-32)31(2)23(34)28-12-17-9-6-10-20(26)21(17)25/h3-10,18-19,32-33H,1,11-14H2,2H3,(H,28,34)(H3,27,29,30,35)/t18-,19+/m0/s1. The molecule has 0 unspecified atom stereocenters. The van der Waals surface area contributed by atoms with Gasteiger partial charge >= 0.3 is 12.1 Å².